The summed E-state index contributed by atoms with van der Waals surface area (Å²) >= 11 is 0. The van der Waals surface area contributed by atoms with Crippen LogP contribution >= 0.6 is 0 Å². The van der Waals surface area contributed by atoms with Crippen molar-refractivity contribution in [3.8, 4) is 0 Å². The monoisotopic (exact) mass is 260 g/mol. The van der Waals surface area contributed by atoms with E-state index in [0.717, 1.165) is 11.8 Å². The van der Waals surface area contributed by atoms with Gasteiger partial charge in [-0.2, -0.15) is 0 Å². The number of carbonyl (C=O) groups is 1. The standard InChI is InChI=1S/C15H20N2O2/c1-4-12(9(2)3)17-15(18)14-8-10-7-11(16)5-6-13(10)19-14/h5-9,12H,4,16H2,1-3H3,(H,17,18). The summed E-state index contributed by atoms with van der Waals surface area (Å²) in [5.41, 5.74) is 7.05. The molecule has 1 aromatic carbocycles. The molecule has 0 spiro atoms. The van der Waals surface area contributed by atoms with Gasteiger partial charge in [0.15, 0.2) is 5.76 Å². The molecule has 4 nitrogen and oxygen atoms in total. The molecule has 2 aromatic rings. The van der Waals surface area contributed by atoms with Crippen LogP contribution in [-0.2, 0) is 0 Å². The topological polar surface area (TPSA) is 68.3 Å². The van der Waals surface area contributed by atoms with Crippen molar-refractivity contribution in [3.05, 3.63) is 30.0 Å². The van der Waals surface area contributed by atoms with Crippen molar-refractivity contribution in [2.75, 3.05) is 5.73 Å². The van der Waals surface area contributed by atoms with Crippen molar-refractivity contribution < 1.29 is 9.21 Å². The van der Waals surface area contributed by atoms with Crippen molar-refractivity contribution in [3.63, 3.8) is 0 Å². The lowest BCUT2D eigenvalue weighted by Gasteiger charge is -2.19. The largest absolute Gasteiger partial charge is 0.451 e. The maximum absolute atomic E-state index is 12.1. The average molecular weight is 260 g/mol. The average Bonchev–Trinajstić information content (AvgIpc) is 2.78. The third kappa shape index (κ3) is 2.89. The molecule has 19 heavy (non-hydrogen) atoms. The fourth-order valence-electron chi connectivity index (χ4n) is 2.15. The van der Waals surface area contributed by atoms with Gasteiger partial charge in [-0.25, -0.2) is 0 Å². The molecule has 0 saturated heterocycles. The Morgan fingerprint density at radius 1 is 1.37 bits per heavy atom. The smallest absolute Gasteiger partial charge is 0.287 e. The molecule has 1 heterocycles. The number of nitrogens with two attached hydrogens (primary N) is 1. The lowest BCUT2D eigenvalue weighted by molar-refractivity contribution is 0.0898. The summed E-state index contributed by atoms with van der Waals surface area (Å²) in [6.45, 7) is 6.24. The lowest BCUT2D eigenvalue weighted by atomic mass is 10.0. The van der Waals surface area contributed by atoms with E-state index < -0.39 is 0 Å². The molecule has 1 aromatic heterocycles. The second kappa shape index (κ2) is 5.34. The zero-order valence-corrected chi connectivity index (χ0v) is 11.6. The molecule has 2 rings (SSSR count). The van der Waals surface area contributed by atoms with Gasteiger partial charge in [0.05, 0.1) is 0 Å². The van der Waals surface area contributed by atoms with Gasteiger partial charge < -0.3 is 15.5 Å². The molecule has 0 aliphatic heterocycles. The summed E-state index contributed by atoms with van der Waals surface area (Å²) in [6, 6.07) is 7.23. The second-order valence-electron chi connectivity index (χ2n) is 5.14. The van der Waals surface area contributed by atoms with E-state index in [2.05, 4.69) is 26.1 Å². The minimum absolute atomic E-state index is 0.158. The molecule has 1 atom stereocenters. The predicted molar refractivity (Wildman–Crippen MR) is 77.0 cm³/mol. The first-order valence-corrected chi connectivity index (χ1v) is 6.61. The summed E-state index contributed by atoms with van der Waals surface area (Å²) in [5.74, 6) is 0.559. The number of benzene rings is 1. The molecule has 1 unspecified atom stereocenters. The number of hydrogen-bond donors (Lipinski definition) is 2. The van der Waals surface area contributed by atoms with Gasteiger partial charge in [0.25, 0.3) is 5.91 Å². The molecular formula is C15H20N2O2. The van der Waals surface area contributed by atoms with E-state index in [4.69, 9.17) is 10.2 Å². The Morgan fingerprint density at radius 2 is 2.11 bits per heavy atom. The van der Waals surface area contributed by atoms with Crippen molar-refractivity contribution in [2.45, 2.75) is 33.2 Å². The van der Waals surface area contributed by atoms with E-state index in [9.17, 15) is 4.79 Å². The highest BCUT2D eigenvalue weighted by atomic mass is 16.3. The van der Waals surface area contributed by atoms with Crippen LogP contribution < -0.4 is 11.1 Å². The second-order valence-corrected chi connectivity index (χ2v) is 5.14. The van der Waals surface area contributed by atoms with E-state index in [-0.39, 0.29) is 11.9 Å². The molecule has 3 N–H and O–H groups in total. The third-order valence-electron chi connectivity index (χ3n) is 3.33. The number of anilines is 1. The van der Waals surface area contributed by atoms with Crippen LogP contribution in [-0.4, -0.2) is 11.9 Å². The molecule has 0 fully saturated rings. The van der Waals surface area contributed by atoms with E-state index in [0.29, 0.717) is 22.9 Å². The third-order valence-corrected chi connectivity index (χ3v) is 3.33. The maximum Gasteiger partial charge on any atom is 0.287 e. The summed E-state index contributed by atoms with van der Waals surface area (Å²) in [5, 5.41) is 3.84. The Hall–Kier alpha value is -1.97. The highest BCUT2D eigenvalue weighted by molar-refractivity contribution is 5.96. The summed E-state index contributed by atoms with van der Waals surface area (Å²) in [6.07, 6.45) is 0.899. The summed E-state index contributed by atoms with van der Waals surface area (Å²) in [4.78, 5) is 12.1. The van der Waals surface area contributed by atoms with Crippen LogP contribution in [0.3, 0.4) is 0 Å². The molecule has 0 aliphatic rings. The van der Waals surface area contributed by atoms with E-state index >= 15 is 0 Å². The van der Waals surface area contributed by atoms with Crippen LogP contribution in [0.25, 0.3) is 11.0 Å². The fourth-order valence-corrected chi connectivity index (χ4v) is 2.15. The minimum Gasteiger partial charge on any atom is -0.451 e. The number of carbonyl (C=O) groups excluding carboxylic acids is 1. The molecule has 0 bridgehead atoms. The van der Waals surface area contributed by atoms with Gasteiger partial charge in [0, 0.05) is 17.1 Å². The van der Waals surface area contributed by atoms with Gasteiger partial charge in [-0.15, -0.1) is 0 Å². The lowest BCUT2D eigenvalue weighted by Crippen LogP contribution is -2.37. The van der Waals surface area contributed by atoms with Gasteiger partial charge in [-0.05, 0) is 36.6 Å². The maximum atomic E-state index is 12.1. The molecule has 0 radical (unpaired) electrons. The predicted octanol–water partition coefficient (Wildman–Crippen LogP) is 3.18. The molecule has 1 amide bonds. The number of hydrogen-bond acceptors (Lipinski definition) is 3. The summed E-state index contributed by atoms with van der Waals surface area (Å²) < 4.78 is 5.54. The Kier molecular flexibility index (Phi) is 3.79. The Balaban J connectivity index is 2.21. The van der Waals surface area contributed by atoms with E-state index in [1.807, 2.05) is 0 Å². The molecule has 0 aliphatic carbocycles. The van der Waals surface area contributed by atoms with Crippen molar-refractivity contribution >= 4 is 22.6 Å². The van der Waals surface area contributed by atoms with Crippen LogP contribution in [0, 0.1) is 5.92 Å². The number of nitrogens with one attached hydrogen (secondary N) is 1. The SMILES string of the molecule is CCC(NC(=O)c1cc2cc(N)ccc2o1)C(C)C. The fraction of sp³-hybridized carbons (Fsp3) is 0.400. The minimum atomic E-state index is -0.171. The first kappa shape index (κ1) is 13.5. The molecule has 0 saturated carbocycles. The van der Waals surface area contributed by atoms with E-state index in [1.54, 1.807) is 24.3 Å². The summed E-state index contributed by atoms with van der Waals surface area (Å²) in [7, 11) is 0. The quantitative estimate of drug-likeness (QED) is 0.829. The highest BCUT2D eigenvalue weighted by Crippen LogP contribution is 2.22. The van der Waals surface area contributed by atoms with Gasteiger partial charge in [0.2, 0.25) is 0 Å². The van der Waals surface area contributed by atoms with Crippen LogP contribution in [0.5, 0.6) is 0 Å². The molecular weight excluding hydrogens is 240 g/mol. The van der Waals surface area contributed by atoms with Gasteiger partial charge in [-0.1, -0.05) is 20.8 Å². The Labute approximate surface area is 113 Å². The first-order chi connectivity index (χ1) is 9.01. The zero-order valence-electron chi connectivity index (χ0n) is 11.6. The van der Waals surface area contributed by atoms with Crippen molar-refractivity contribution in [1.29, 1.82) is 0 Å². The number of furan rings is 1. The molecule has 4 heteroatoms. The number of nitrogen functional groups attached to an aromatic ring is 1. The Bertz CT molecular complexity index is 587. The van der Waals surface area contributed by atoms with Gasteiger partial charge >= 0.3 is 0 Å². The normalized spacial score (nSPS) is 12.8. The first-order valence-electron chi connectivity index (χ1n) is 6.61. The van der Waals surface area contributed by atoms with E-state index in [1.165, 1.54) is 0 Å². The molecule has 102 valence electrons. The number of fused-ring (bicyclic) bond motifs is 1. The van der Waals surface area contributed by atoms with Gasteiger partial charge in [0.1, 0.15) is 5.58 Å². The van der Waals surface area contributed by atoms with Gasteiger partial charge in [-0.3, -0.25) is 4.79 Å². The van der Waals surface area contributed by atoms with Crippen LogP contribution in [0.2, 0.25) is 0 Å². The number of amides is 1. The van der Waals surface area contributed by atoms with Crippen LogP contribution in [0.1, 0.15) is 37.7 Å². The van der Waals surface area contributed by atoms with Crippen LogP contribution in [0.4, 0.5) is 5.69 Å². The van der Waals surface area contributed by atoms with Crippen molar-refractivity contribution in [1.82, 2.24) is 5.32 Å². The zero-order chi connectivity index (χ0) is 14.0. The highest BCUT2D eigenvalue weighted by Gasteiger charge is 2.18. The Morgan fingerprint density at radius 3 is 2.74 bits per heavy atom. The number of rotatable bonds is 4. The van der Waals surface area contributed by atoms with Crippen molar-refractivity contribution in [2.24, 2.45) is 5.92 Å². The van der Waals surface area contributed by atoms with Crippen LogP contribution in [0.15, 0.2) is 28.7 Å².